The summed E-state index contributed by atoms with van der Waals surface area (Å²) in [6, 6.07) is 0. The van der Waals surface area contributed by atoms with Crippen molar-refractivity contribution in [3.63, 3.8) is 0 Å². The van der Waals surface area contributed by atoms with E-state index in [0.717, 1.165) is 43.7 Å². The maximum absolute atomic E-state index is 11.7. The van der Waals surface area contributed by atoms with Gasteiger partial charge in [0.25, 0.3) is 0 Å². The van der Waals surface area contributed by atoms with Crippen LogP contribution in [0.4, 0.5) is 0 Å². The van der Waals surface area contributed by atoms with E-state index in [0.29, 0.717) is 0 Å². The van der Waals surface area contributed by atoms with Crippen LogP contribution in [0.3, 0.4) is 0 Å². The van der Waals surface area contributed by atoms with Crippen molar-refractivity contribution >= 4 is 11.6 Å². The zero-order valence-electron chi connectivity index (χ0n) is 14.2. The molecule has 0 aromatic heterocycles. The average Bonchev–Trinajstić information content (AvgIpc) is 2.78. The smallest absolute Gasteiger partial charge is 0.226 e. The number of fused-ring (bicyclic) bond motifs is 2. The van der Waals surface area contributed by atoms with Gasteiger partial charge in [-0.05, 0) is 44.4 Å². The Hall–Kier alpha value is -1.06. The molecule has 4 unspecified atom stereocenters. The third-order valence-electron chi connectivity index (χ3n) is 6.58. The molecule has 0 saturated heterocycles. The zero-order chi connectivity index (χ0) is 16.0. The first-order valence-corrected chi connectivity index (χ1v) is 8.86. The molecule has 3 aliphatic carbocycles. The summed E-state index contributed by atoms with van der Waals surface area (Å²) in [5.74, 6) is 0.267. The molecule has 4 nitrogen and oxygen atoms in total. The lowest BCUT2D eigenvalue weighted by Gasteiger charge is -2.40. The average molecular weight is 306 g/mol. The second kappa shape index (κ2) is 5.54. The Kier molecular flexibility index (Phi) is 3.98. The fraction of sp³-hybridized carbons (Fsp3) is 0.889. The predicted octanol–water partition coefficient (Wildman–Crippen LogP) is 3.64. The molecule has 4 atom stereocenters. The Morgan fingerprint density at radius 1 is 1.23 bits per heavy atom. The number of carbonyl (C=O) groups is 1. The van der Waals surface area contributed by atoms with E-state index < -0.39 is 0 Å². The largest absolute Gasteiger partial charge is 0.391 e. The Bertz CT molecular complexity index is 481. The molecule has 22 heavy (non-hydrogen) atoms. The monoisotopic (exact) mass is 306 g/mol. The molecule has 0 radical (unpaired) electrons. The van der Waals surface area contributed by atoms with Crippen LogP contribution < -0.4 is 5.73 Å². The lowest BCUT2D eigenvalue weighted by Crippen LogP contribution is -2.41. The number of hydrogen-bond acceptors (Lipinski definition) is 3. The summed E-state index contributed by atoms with van der Waals surface area (Å²) in [4.78, 5) is 17.8. The third kappa shape index (κ3) is 2.55. The van der Waals surface area contributed by atoms with Crippen LogP contribution in [0.15, 0.2) is 5.16 Å². The van der Waals surface area contributed by atoms with Crippen molar-refractivity contribution in [1.82, 2.24) is 0 Å². The van der Waals surface area contributed by atoms with Gasteiger partial charge in [-0.15, -0.1) is 0 Å². The highest BCUT2D eigenvalue weighted by Gasteiger charge is 2.61. The summed E-state index contributed by atoms with van der Waals surface area (Å²) in [7, 11) is 0. The molecule has 3 saturated carbocycles. The molecule has 3 aliphatic rings. The first-order valence-electron chi connectivity index (χ1n) is 8.86. The van der Waals surface area contributed by atoms with E-state index in [2.05, 4.69) is 25.9 Å². The van der Waals surface area contributed by atoms with E-state index in [4.69, 9.17) is 10.6 Å². The first-order chi connectivity index (χ1) is 10.3. The molecular weight excluding hydrogens is 276 g/mol. The van der Waals surface area contributed by atoms with Crippen LogP contribution in [0.25, 0.3) is 0 Å². The van der Waals surface area contributed by atoms with Gasteiger partial charge in [0.15, 0.2) is 0 Å². The number of nitrogens with zero attached hydrogens (tertiary/aromatic N) is 1. The van der Waals surface area contributed by atoms with Gasteiger partial charge in [0.2, 0.25) is 5.91 Å². The number of primary amides is 1. The minimum atomic E-state index is -0.248. The molecule has 0 heterocycles. The Morgan fingerprint density at radius 2 is 2.00 bits per heavy atom. The van der Waals surface area contributed by atoms with Crippen molar-refractivity contribution in [2.24, 2.45) is 33.6 Å². The van der Waals surface area contributed by atoms with Crippen molar-refractivity contribution in [1.29, 1.82) is 0 Å². The van der Waals surface area contributed by atoms with Gasteiger partial charge in [-0.2, -0.15) is 0 Å². The number of rotatable bonds is 3. The van der Waals surface area contributed by atoms with Crippen LogP contribution >= 0.6 is 0 Å². The summed E-state index contributed by atoms with van der Waals surface area (Å²) < 4.78 is 0. The summed E-state index contributed by atoms with van der Waals surface area (Å²) >= 11 is 0. The molecule has 0 aliphatic heterocycles. The third-order valence-corrected chi connectivity index (χ3v) is 6.58. The number of carbonyl (C=O) groups excluding carboxylic acids is 1. The molecular formula is C18H30N2O2. The van der Waals surface area contributed by atoms with Gasteiger partial charge in [0, 0.05) is 10.8 Å². The van der Waals surface area contributed by atoms with Crippen LogP contribution in [-0.2, 0) is 9.63 Å². The maximum atomic E-state index is 11.7. The normalized spacial score (nSPS) is 42.3. The van der Waals surface area contributed by atoms with Gasteiger partial charge in [-0.25, -0.2) is 0 Å². The topological polar surface area (TPSA) is 64.7 Å². The quantitative estimate of drug-likeness (QED) is 0.639. The van der Waals surface area contributed by atoms with Gasteiger partial charge in [0.05, 0.1) is 11.6 Å². The lowest BCUT2D eigenvalue weighted by molar-refractivity contribution is -0.120. The molecule has 4 heteroatoms. The molecule has 1 amide bonds. The highest BCUT2D eigenvalue weighted by atomic mass is 16.6. The molecule has 124 valence electrons. The molecule has 0 spiro atoms. The zero-order valence-corrected chi connectivity index (χ0v) is 14.2. The second-order valence-electron chi connectivity index (χ2n) is 8.54. The van der Waals surface area contributed by atoms with Gasteiger partial charge in [-0.3, -0.25) is 4.79 Å². The molecule has 2 bridgehead atoms. The van der Waals surface area contributed by atoms with Gasteiger partial charge >= 0.3 is 0 Å². The number of nitrogens with two attached hydrogens (primary N) is 1. The Balaban J connectivity index is 1.78. The van der Waals surface area contributed by atoms with Crippen molar-refractivity contribution in [3.8, 4) is 0 Å². The number of hydrogen-bond donors (Lipinski definition) is 1. The van der Waals surface area contributed by atoms with Crippen molar-refractivity contribution in [3.05, 3.63) is 0 Å². The minimum absolute atomic E-state index is 0.156. The van der Waals surface area contributed by atoms with E-state index in [1.807, 2.05) is 0 Å². The minimum Gasteiger partial charge on any atom is -0.391 e. The van der Waals surface area contributed by atoms with E-state index in [-0.39, 0.29) is 28.8 Å². The van der Waals surface area contributed by atoms with Gasteiger partial charge in [0.1, 0.15) is 6.10 Å². The van der Waals surface area contributed by atoms with Gasteiger partial charge < -0.3 is 10.6 Å². The second-order valence-corrected chi connectivity index (χ2v) is 8.54. The molecule has 3 fully saturated rings. The molecule has 3 rings (SSSR count). The van der Waals surface area contributed by atoms with E-state index in [1.54, 1.807) is 0 Å². The highest BCUT2D eigenvalue weighted by molar-refractivity contribution is 6.03. The summed E-state index contributed by atoms with van der Waals surface area (Å²) in [6.45, 7) is 6.96. The summed E-state index contributed by atoms with van der Waals surface area (Å²) in [6.07, 6.45) is 8.91. The van der Waals surface area contributed by atoms with E-state index >= 15 is 0 Å². The van der Waals surface area contributed by atoms with Crippen molar-refractivity contribution < 1.29 is 9.63 Å². The standard InChI is InChI=1S/C18H30N2O2/c1-17(2)12-9-10-18(3,11-12)16(17)22-20-14-8-6-4-5-7-13(14)15(19)21/h12-13,16H,4-11H2,1-3H3,(H2,19,21). The van der Waals surface area contributed by atoms with Crippen LogP contribution in [0.2, 0.25) is 0 Å². The summed E-state index contributed by atoms with van der Waals surface area (Å²) in [5, 5.41) is 4.50. The van der Waals surface area contributed by atoms with Gasteiger partial charge in [-0.1, -0.05) is 38.8 Å². The van der Waals surface area contributed by atoms with E-state index in [9.17, 15) is 4.79 Å². The fourth-order valence-electron chi connectivity index (χ4n) is 5.23. The fourth-order valence-corrected chi connectivity index (χ4v) is 5.23. The number of oxime groups is 1. The van der Waals surface area contributed by atoms with Crippen molar-refractivity contribution in [2.45, 2.75) is 78.2 Å². The van der Waals surface area contributed by atoms with Crippen LogP contribution in [-0.4, -0.2) is 17.7 Å². The molecule has 0 aromatic carbocycles. The number of amides is 1. The van der Waals surface area contributed by atoms with Crippen LogP contribution in [0, 0.1) is 22.7 Å². The first kappa shape index (κ1) is 15.8. The Labute approximate surface area is 133 Å². The SMILES string of the molecule is CC12CCC(C1)C(C)(C)C2ON=C1CCCCCC1C(N)=O. The van der Waals surface area contributed by atoms with Crippen molar-refractivity contribution in [2.75, 3.05) is 0 Å². The van der Waals surface area contributed by atoms with Crippen LogP contribution in [0.5, 0.6) is 0 Å². The van der Waals surface area contributed by atoms with Crippen LogP contribution in [0.1, 0.15) is 72.1 Å². The summed E-state index contributed by atoms with van der Waals surface area (Å²) in [5.41, 5.74) is 6.87. The lowest BCUT2D eigenvalue weighted by atomic mass is 9.70. The predicted molar refractivity (Wildman–Crippen MR) is 87.3 cm³/mol. The Morgan fingerprint density at radius 3 is 2.64 bits per heavy atom. The maximum Gasteiger partial charge on any atom is 0.226 e. The molecule has 2 N–H and O–H groups in total. The molecule has 0 aromatic rings. The van der Waals surface area contributed by atoms with E-state index in [1.165, 1.54) is 19.3 Å². The highest BCUT2D eigenvalue weighted by Crippen LogP contribution is 2.63.